The van der Waals surface area contributed by atoms with E-state index in [0.29, 0.717) is 13.0 Å². The molecule has 1 fully saturated rings. The molecule has 26 heavy (non-hydrogen) atoms. The van der Waals surface area contributed by atoms with Crippen molar-refractivity contribution >= 4 is 17.8 Å². The molecule has 4 unspecified atom stereocenters. The van der Waals surface area contributed by atoms with Gasteiger partial charge in [-0.15, -0.1) is 0 Å². The van der Waals surface area contributed by atoms with Crippen LogP contribution in [-0.4, -0.2) is 49.8 Å². The molecule has 0 aliphatic carbocycles. The Balaban J connectivity index is 2.43. The van der Waals surface area contributed by atoms with Crippen molar-refractivity contribution in [2.45, 2.75) is 66.6 Å². The fourth-order valence-corrected chi connectivity index (χ4v) is 2.66. The third-order valence-electron chi connectivity index (χ3n) is 5.14. The van der Waals surface area contributed by atoms with Crippen LogP contribution in [0.1, 0.15) is 54.4 Å². The lowest BCUT2D eigenvalue weighted by Crippen LogP contribution is -2.48. The smallest absolute Gasteiger partial charge is 0.311 e. The second-order valence-electron chi connectivity index (χ2n) is 7.71. The number of esters is 2. The molecule has 150 valence electrons. The molecule has 4 atom stereocenters. The zero-order chi connectivity index (χ0) is 19.9. The van der Waals surface area contributed by atoms with Gasteiger partial charge in [-0.1, -0.05) is 20.8 Å². The monoisotopic (exact) mass is 371 g/mol. The van der Waals surface area contributed by atoms with Crippen LogP contribution in [0.2, 0.25) is 0 Å². The van der Waals surface area contributed by atoms with E-state index in [4.69, 9.17) is 14.2 Å². The Bertz CT molecular complexity index is 504. The summed E-state index contributed by atoms with van der Waals surface area (Å²) in [7, 11) is 0. The lowest BCUT2D eigenvalue weighted by atomic mass is 9.84. The van der Waals surface area contributed by atoms with Gasteiger partial charge in [-0.2, -0.15) is 0 Å². The van der Waals surface area contributed by atoms with Gasteiger partial charge >= 0.3 is 11.9 Å². The van der Waals surface area contributed by atoms with Crippen LogP contribution in [0.5, 0.6) is 0 Å². The molecule has 0 aromatic carbocycles. The predicted molar refractivity (Wildman–Crippen MR) is 96.3 cm³/mol. The number of rotatable bonds is 8. The van der Waals surface area contributed by atoms with Crippen molar-refractivity contribution in [3.8, 4) is 0 Å². The summed E-state index contributed by atoms with van der Waals surface area (Å²) in [6.45, 7) is 11.9. The summed E-state index contributed by atoms with van der Waals surface area (Å²) in [6, 6.07) is 0. The Morgan fingerprint density at radius 3 is 2.46 bits per heavy atom. The molecule has 1 aliphatic rings. The molecule has 7 nitrogen and oxygen atoms in total. The minimum atomic E-state index is -0.524. The Morgan fingerprint density at radius 2 is 1.88 bits per heavy atom. The van der Waals surface area contributed by atoms with E-state index < -0.39 is 17.6 Å². The molecule has 7 heteroatoms. The van der Waals surface area contributed by atoms with Crippen LogP contribution in [0.3, 0.4) is 0 Å². The summed E-state index contributed by atoms with van der Waals surface area (Å²) in [5.74, 6) is -0.514. The van der Waals surface area contributed by atoms with Crippen molar-refractivity contribution < 1.29 is 28.6 Å². The number of nitrogens with one attached hydrogen (secondary N) is 1. The molecule has 1 heterocycles. The molecular weight excluding hydrogens is 338 g/mol. The van der Waals surface area contributed by atoms with Crippen LogP contribution in [0.25, 0.3) is 0 Å². The normalized spacial score (nSPS) is 26.1. The zero-order valence-electron chi connectivity index (χ0n) is 16.8. The summed E-state index contributed by atoms with van der Waals surface area (Å²) in [4.78, 5) is 35.4. The SMILES string of the molecule is CCC(C)(C)C(=O)OCCNC(=O)CC1OCC(C)C(C)C1OC(C)=O. The molecule has 0 aromatic heterocycles. The Morgan fingerprint density at radius 1 is 1.23 bits per heavy atom. The van der Waals surface area contributed by atoms with Gasteiger partial charge < -0.3 is 19.5 Å². The van der Waals surface area contributed by atoms with Gasteiger partial charge in [0.05, 0.1) is 25.0 Å². The van der Waals surface area contributed by atoms with E-state index in [9.17, 15) is 14.4 Å². The van der Waals surface area contributed by atoms with E-state index in [1.165, 1.54) is 6.92 Å². The quantitative estimate of drug-likeness (QED) is 0.519. The number of ether oxygens (including phenoxy) is 3. The zero-order valence-corrected chi connectivity index (χ0v) is 16.8. The predicted octanol–water partition coefficient (Wildman–Crippen LogP) is 2.07. The Labute approximate surface area is 156 Å². The minimum absolute atomic E-state index is 0.101. The first-order chi connectivity index (χ1) is 12.1. The molecule has 1 amide bonds. The van der Waals surface area contributed by atoms with Crippen molar-refractivity contribution in [2.75, 3.05) is 19.8 Å². The minimum Gasteiger partial charge on any atom is -0.463 e. The van der Waals surface area contributed by atoms with Crippen molar-refractivity contribution in [2.24, 2.45) is 17.3 Å². The number of carbonyl (C=O) groups excluding carboxylic acids is 3. The third-order valence-corrected chi connectivity index (χ3v) is 5.14. The summed E-state index contributed by atoms with van der Waals surface area (Å²) >= 11 is 0. The van der Waals surface area contributed by atoms with E-state index in [1.807, 2.05) is 34.6 Å². The molecule has 0 radical (unpaired) electrons. The fourth-order valence-electron chi connectivity index (χ4n) is 2.66. The maximum Gasteiger partial charge on any atom is 0.311 e. The highest BCUT2D eigenvalue weighted by Gasteiger charge is 2.39. The van der Waals surface area contributed by atoms with E-state index in [0.717, 1.165) is 0 Å². The van der Waals surface area contributed by atoms with Gasteiger partial charge in [0.15, 0.2) is 0 Å². The van der Waals surface area contributed by atoms with Crippen LogP contribution in [-0.2, 0) is 28.6 Å². The Hall–Kier alpha value is -1.63. The van der Waals surface area contributed by atoms with Gasteiger partial charge in [0.25, 0.3) is 0 Å². The van der Waals surface area contributed by atoms with E-state index in [1.54, 1.807) is 0 Å². The maximum atomic E-state index is 12.2. The molecule has 1 aliphatic heterocycles. The molecular formula is C19H33NO6. The second-order valence-corrected chi connectivity index (χ2v) is 7.71. The molecule has 1 N–H and O–H groups in total. The maximum absolute atomic E-state index is 12.2. The molecule has 1 rings (SSSR count). The van der Waals surface area contributed by atoms with Crippen molar-refractivity contribution in [1.29, 1.82) is 0 Å². The van der Waals surface area contributed by atoms with Crippen LogP contribution in [0.4, 0.5) is 0 Å². The highest BCUT2D eigenvalue weighted by molar-refractivity contribution is 5.77. The standard InChI is InChI=1S/C19H33NO6/c1-7-19(5,6)18(23)24-9-8-20-16(22)10-15-17(26-14(4)21)13(3)12(2)11-25-15/h12-13,15,17H,7-11H2,1-6H3,(H,20,22). The lowest BCUT2D eigenvalue weighted by Gasteiger charge is -2.39. The number of carbonyl (C=O) groups is 3. The van der Waals surface area contributed by atoms with Gasteiger partial charge in [-0.25, -0.2) is 0 Å². The van der Waals surface area contributed by atoms with Crippen LogP contribution < -0.4 is 5.32 Å². The summed E-state index contributed by atoms with van der Waals surface area (Å²) < 4.78 is 16.3. The average Bonchev–Trinajstić information content (AvgIpc) is 2.57. The first kappa shape index (κ1) is 22.4. The molecule has 0 spiro atoms. The molecule has 0 bridgehead atoms. The molecule has 1 saturated heterocycles. The first-order valence-corrected chi connectivity index (χ1v) is 9.31. The Kier molecular flexibility index (Phi) is 8.53. The van der Waals surface area contributed by atoms with Crippen molar-refractivity contribution in [3.05, 3.63) is 0 Å². The van der Waals surface area contributed by atoms with E-state index in [-0.39, 0.29) is 49.3 Å². The molecule has 0 aromatic rings. The fraction of sp³-hybridized carbons (Fsp3) is 0.842. The van der Waals surface area contributed by atoms with Crippen LogP contribution >= 0.6 is 0 Å². The summed E-state index contributed by atoms with van der Waals surface area (Å²) in [5, 5.41) is 2.72. The number of hydrogen-bond donors (Lipinski definition) is 1. The van der Waals surface area contributed by atoms with E-state index >= 15 is 0 Å². The van der Waals surface area contributed by atoms with Gasteiger partial charge in [0.1, 0.15) is 18.8 Å². The number of amides is 1. The van der Waals surface area contributed by atoms with Crippen LogP contribution in [0.15, 0.2) is 0 Å². The van der Waals surface area contributed by atoms with E-state index in [2.05, 4.69) is 5.32 Å². The summed E-state index contributed by atoms with van der Waals surface area (Å²) in [5.41, 5.74) is -0.524. The topological polar surface area (TPSA) is 90.9 Å². The molecule has 0 saturated carbocycles. The first-order valence-electron chi connectivity index (χ1n) is 9.31. The van der Waals surface area contributed by atoms with Crippen molar-refractivity contribution in [1.82, 2.24) is 5.32 Å². The lowest BCUT2D eigenvalue weighted by molar-refractivity contribution is -0.178. The summed E-state index contributed by atoms with van der Waals surface area (Å²) in [6.07, 6.45) is -0.119. The van der Waals surface area contributed by atoms with Gasteiger partial charge in [0.2, 0.25) is 5.91 Å². The third kappa shape index (κ3) is 6.59. The van der Waals surface area contributed by atoms with Gasteiger partial charge in [0, 0.05) is 12.8 Å². The average molecular weight is 371 g/mol. The van der Waals surface area contributed by atoms with Crippen molar-refractivity contribution in [3.63, 3.8) is 0 Å². The highest BCUT2D eigenvalue weighted by Crippen LogP contribution is 2.29. The van der Waals surface area contributed by atoms with Crippen LogP contribution in [0, 0.1) is 17.3 Å². The number of hydrogen-bond acceptors (Lipinski definition) is 6. The van der Waals surface area contributed by atoms with Gasteiger partial charge in [-0.3, -0.25) is 14.4 Å². The largest absolute Gasteiger partial charge is 0.463 e. The second kappa shape index (κ2) is 9.90. The van der Waals surface area contributed by atoms with Gasteiger partial charge in [-0.05, 0) is 26.2 Å². The highest BCUT2D eigenvalue weighted by atomic mass is 16.6.